The molecule has 0 bridgehead atoms. The third kappa shape index (κ3) is 2.62. The SMILES string of the molecule is CO[SiH](C)[SiH2]C. The third-order valence-corrected chi connectivity index (χ3v) is 7.38. The largest absolute Gasteiger partial charge is 0.427 e. The minimum Gasteiger partial charge on any atom is -0.427 e. The van der Waals surface area contributed by atoms with Crippen LogP contribution in [0.5, 0.6) is 0 Å². The predicted octanol–water partition coefficient (Wildman–Crippen LogP) is -0.300. The van der Waals surface area contributed by atoms with Crippen molar-refractivity contribution in [1.82, 2.24) is 0 Å². The van der Waals surface area contributed by atoms with E-state index < -0.39 is 8.56 Å². The second-order valence-electron chi connectivity index (χ2n) is 1.45. The average molecular weight is 120 g/mol. The van der Waals surface area contributed by atoms with E-state index in [1.807, 2.05) is 7.11 Å². The van der Waals surface area contributed by atoms with Crippen LogP contribution in [-0.2, 0) is 4.43 Å². The summed E-state index contributed by atoms with van der Waals surface area (Å²) in [7, 11) is 1.56. The Morgan fingerprint density at radius 1 is 1.67 bits per heavy atom. The van der Waals surface area contributed by atoms with Crippen molar-refractivity contribution in [3.05, 3.63) is 0 Å². The first-order chi connectivity index (χ1) is 2.81. The molecule has 0 aliphatic carbocycles. The van der Waals surface area contributed by atoms with Gasteiger partial charge < -0.3 is 4.43 Å². The van der Waals surface area contributed by atoms with Crippen LogP contribution in [0.2, 0.25) is 13.1 Å². The van der Waals surface area contributed by atoms with Gasteiger partial charge in [-0.1, -0.05) is 13.1 Å². The van der Waals surface area contributed by atoms with E-state index in [1.165, 1.54) is 0 Å². The van der Waals surface area contributed by atoms with E-state index in [4.69, 9.17) is 4.43 Å². The van der Waals surface area contributed by atoms with Gasteiger partial charge in [0.05, 0.1) is 0 Å². The van der Waals surface area contributed by atoms with Gasteiger partial charge in [-0.05, 0) is 0 Å². The van der Waals surface area contributed by atoms with Gasteiger partial charge >= 0.3 is 0 Å². The van der Waals surface area contributed by atoms with Crippen molar-refractivity contribution in [3.8, 4) is 0 Å². The summed E-state index contributed by atoms with van der Waals surface area (Å²) in [6, 6.07) is 0. The molecule has 0 fully saturated rings. The Hall–Kier alpha value is 0.394. The molecule has 0 radical (unpaired) electrons. The lowest BCUT2D eigenvalue weighted by atomic mass is 11.8. The molecule has 0 saturated heterocycles. The Morgan fingerprint density at radius 2 is 2.17 bits per heavy atom. The molecule has 0 heterocycles. The minimum atomic E-state index is -0.522. The third-order valence-electron chi connectivity index (χ3n) is 0.977. The van der Waals surface area contributed by atoms with Crippen LogP contribution in [0, 0.1) is 0 Å². The van der Waals surface area contributed by atoms with Gasteiger partial charge in [-0.2, -0.15) is 0 Å². The maximum absolute atomic E-state index is 5.10. The lowest BCUT2D eigenvalue weighted by Crippen LogP contribution is -2.16. The molecule has 0 N–H and O–H groups in total. The van der Waals surface area contributed by atoms with E-state index in [9.17, 15) is 0 Å². The Morgan fingerprint density at radius 3 is 2.17 bits per heavy atom. The van der Waals surface area contributed by atoms with Crippen molar-refractivity contribution >= 4 is 17.6 Å². The zero-order chi connectivity index (χ0) is 4.99. The molecule has 1 atom stereocenters. The molecule has 0 amide bonds. The fourth-order valence-electron chi connectivity index (χ4n) is 0.167. The van der Waals surface area contributed by atoms with Gasteiger partial charge in [-0.25, -0.2) is 0 Å². The normalized spacial score (nSPS) is 16.5. The molecule has 3 heteroatoms. The number of rotatable bonds is 2. The fraction of sp³-hybridized carbons (Fsp3) is 1.00. The van der Waals surface area contributed by atoms with Gasteiger partial charge in [0.2, 0.25) is 0 Å². The highest BCUT2D eigenvalue weighted by Crippen LogP contribution is 1.74. The highest BCUT2D eigenvalue weighted by molar-refractivity contribution is 7.07. The van der Waals surface area contributed by atoms with Gasteiger partial charge in [-0.15, -0.1) is 0 Å². The molecule has 0 aliphatic rings. The van der Waals surface area contributed by atoms with Gasteiger partial charge in [0.15, 0.2) is 8.56 Å². The second kappa shape index (κ2) is 3.58. The Bertz CT molecular complexity index is 28.0. The summed E-state index contributed by atoms with van der Waals surface area (Å²) in [5, 5.41) is 0. The van der Waals surface area contributed by atoms with Crippen LogP contribution in [0.15, 0.2) is 0 Å². The van der Waals surface area contributed by atoms with Crippen molar-refractivity contribution < 1.29 is 4.43 Å². The summed E-state index contributed by atoms with van der Waals surface area (Å²) in [5.74, 6) is 0. The van der Waals surface area contributed by atoms with Crippen molar-refractivity contribution in [3.63, 3.8) is 0 Å². The Labute approximate surface area is 43.0 Å². The zero-order valence-electron chi connectivity index (χ0n) is 4.69. The van der Waals surface area contributed by atoms with Crippen LogP contribution in [0.25, 0.3) is 0 Å². The van der Waals surface area contributed by atoms with E-state index in [1.54, 1.807) is 0 Å². The molecule has 0 aromatic carbocycles. The zero-order valence-corrected chi connectivity index (χ0v) is 7.26. The van der Waals surface area contributed by atoms with Crippen molar-refractivity contribution in [2.24, 2.45) is 0 Å². The molecule has 1 unspecified atom stereocenters. The van der Waals surface area contributed by atoms with Crippen LogP contribution < -0.4 is 0 Å². The van der Waals surface area contributed by atoms with Crippen LogP contribution in [0.1, 0.15) is 0 Å². The maximum Gasteiger partial charge on any atom is 0.154 e. The first kappa shape index (κ1) is 6.39. The van der Waals surface area contributed by atoms with Gasteiger partial charge in [-0.3, -0.25) is 0 Å². The smallest absolute Gasteiger partial charge is 0.154 e. The molecule has 0 aromatic heterocycles. The van der Waals surface area contributed by atoms with E-state index in [0.29, 0.717) is 0 Å². The van der Waals surface area contributed by atoms with E-state index >= 15 is 0 Å². The Balaban J connectivity index is 2.75. The Kier molecular flexibility index (Phi) is 3.81. The lowest BCUT2D eigenvalue weighted by Gasteiger charge is -1.98. The fourth-order valence-corrected chi connectivity index (χ4v) is 1.50. The molecule has 0 rings (SSSR count). The summed E-state index contributed by atoms with van der Waals surface area (Å²) in [5.41, 5.74) is 0. The standard InChI is InChI=1S/C3H12OSi2/c1-4-6(3)5-2/h6H,5H2,1-3H3. The van der Waals surface area contributed by atoms with Crippen LogP contribution in [-0.4, -0.2) is 24.7 Å². The molecule has 0 aliphatic heterocycles. The quantitative estimate of drug-likeness (QED) is 0.455. The molecule has 0 saturated carbocycles. The second-order valence-corrected chi connectivity index (χ2v) is 10.3. The lowest BCUT2D eigenvalue weighted by molar-refractivity contribution is 0.439. The van der Waals surface area contributed by atoms with Gasteiger partial charge in [0, 0.05) is 16.1 Å². The molecular weight excluding hydrogens is 108 g/mol. The van der Waals surface area contributed by atoms with Crippen LogP contribution in [0.3, 0.4) is 0 Å². The van der Waals surface area contributed by atoms with Crippen molar-refractivity contribution in [1.29, 1.82) is 0 Å². The molecule has 1 nitrogen and oxygen atoms in total. The van der Waals surface area contributed by atoms with Gasteiger partial charge in [0.1, 0.15) is 0 Å². The molecule has 0 spiro atoms. The molecule has 38 valence electrons. The highest BCUT2D eigenvalue weighted by atomic mass is 29.2. The molecule has 6 heavy (non-hydrogen) atoms. The summed E-state index contributed by atoms with van der Waals surface area (Å²) < 4.78 is 5.10. The summed E-state index contributed by atoms with van der Waals surface area (Å²) >= 11 is 0. The van der Waals surface area contributed by atoms with E-state index in [2.05, 4.69) is 13.1 Å². The predicted molar refractivity (Wildman–Crippen MR) is 34.4 cm³/mol. The average Bonchev–Trinajstić information content (AvgIpc) is 1.65. The minimum absolute atomic E-state index is 0.255. The number of hydrogen-bond donors (Lipinski definition) is 0. The van der Waals surface area contributed by atoms with Crippen molar-refractivity contribution in [2.45, 2.75) is 13.1 Å². The van der Waals surface area contributed by atoms with Crippen molar-refractivity contribution in [2.75, 3.05) is 7.11 Å². The van der Waals surface area contributed by atoms with Crippen LogP contribution >= 0.6 is 0 Å². The van der Waals surface area contributed by atoms with Crippen LogP contribution in [0.4, 0.5) is 0 Å². The number of hydrogen-bond acceptors (Lipinski definition) is 1. The summed E-state index contributed by atoms with van der Waals surface area (Å²) in [6.45, 7) is 4.56. The molecule has 0 aromatic rings. The first-order valence-electron chi connectivity index (χ1n) is 2.34. The maximum atomic E-state index is 5.10. The summed E-state index contributed by atoms with van der Waals surface area (Å²) in [6.07, 6.45) is 0. The first-order valence-corrected chi connectivity index (χ1v) is 8.64. The van der Waals surface area contributed by atoms with E-state index in [-0.39, 0.29) is 9.04 Å². The summed E-state index contributed by atoms with van der Waals surface area (Å²) in [4.78, 5) is 0. The topological polar surface area (TPSA) is 9.23 Å². The highest BCUT2D eigenvalue weighted by Gasteiger charge is 1.93. The van der Waals surface area contributed by atoms with Gasteiger partial charge in [0.25, 0.3) is 0 Å². The van der Waals surface area contributed by atoms with E-state index in [0.717, 1.165) is 0 Å². The monoisotopic (exact) mass is 120 g/mol. The molecular formula is C3H12OSi2.